The van der Waals surface area contributed by atoms with Crippen LogP contribution in [-0.4, -0.2) is 46.1 Å². The molecule has 0 aliphatic rings. The molecule has 64 heavy (non-hydrogen) atoms. The maximum absolute atomic E-state index is 12.5. The van der Waals surface area contributed by atoms with E-state index in [0.29, 0.717) is 6.42 Å². The highest BCUT2D eigenvalue weighted by atomic mass is 16.3. The maximum atomic E-state index is 12.5. The number of amides is 1. The topological polar surface area (TPSA) is 89.8 Å². The Balaban J connectivity index is 3.50. The van der Waals surface area contributed by atoms with Gasteiger partial charge in [0, 0.05) is 0 Å². The van der Waals surface area contributed by atoms with Gasteiger partial charge in [0.2, 0.25) is 5.91 Å². The summed E-state index contributed by atoms with van der Waals surface area (Å²) in [4.78, 5) is 12.5. The minimum absolute atomic E-state index is 0.00555. The molecule has 3 atom stereocenters. The van der Waals surface area contributed by atoms with Gasteiger partial charge in [-0.25, -0.2) is 0 Å². The number of unbranched alkanes of at least 4 members (excludes halogenated alkanes) is 40. The van der Waals surface area contributed by atoms with Gasteiger partial charge in [0.15, 0.2) is 0 Å². The van der Waals surface area contributed by atoms with E-state index in [9.17, 15) is 20.1 Å². The van der Waals surface area contributed by atoms with Crippen LogP contribution in [0.1, 0.15) is 309 Å². The molecule has 0 rings (SSSR count). The predicted molar refractivity (Wildman–Crippen MR) is 282 cm³/mol. The summed E-state index contributed by atoms with van der Waals surface area (Å²) in [7, 11) is 0. The van der Waals surface area contributed by atoms with E-state index in [1.165, 1.54) is 244 Å². The number of hydrogen-bond acceptors (Lipinski definition) is 4. The number of carbonyl (C=O) groups is 1. The Bertz CT molecular complexity index is 993. The van der Waals surface area contributed by atoms with E-state index in [0.717, 1.165) is 38.5 Å². The molecule has 0 saturated carbocycles. The molecule has 0 aromatic rings. The molecular formula is C59H113NO4. The summed E-state index contributed by atoms with van der Waals surface area (Å²) in [5.74, 6) is -0.325. The van der Waals surface area contributed by atoms with Gasteiger partial charge < -0.3 is 20.6 Å². The van der Waals surface area contributed by atoms with Crippen molar-refractivity contribution in [2.45, 2.75) is 327 Å². The third-order valence-corrected chi connectivity index (χ3v) is 13.4. The number of nitrogens with one attached hydrogen (secondary N) is 1. The highest BCUT2D eigenvalue weighted by Crippen LogP contribution is 2.18. The molecule has 0 bridgehead atoms. The molecule has 0 spiro atoms. The van der Waals surface area contributed by atoms with Crippen molar-refractivity contribution in [3.05, 3.63) is 36.5 Å². The number of aliphatic hydroxyl groups excluding tert-OH is 3. The van der Waals surface area contributed by atoms with Crippen molar-refractivity contribution in [1.29, 1.82) is 0 Å². The lowest BCUT2D eigenvalue weighted by atomic mass is 10.0. The van der Waals surface area contributed by atoms with Gasteiger partial charge in [0.1, 0.15) is 0 Å². The van der Waals surface area contributed by atoms with Crippen LogP contribution in [0, 0.1) is 0 Å². The molecule has 0 heterocycles. The first-order valence-electron chi connectivity index (χ1n) is 28.8. The highest BCUT2D eigenvalue weighted by molar-refractivity contribution is 5.76. The minimum atomic E-state index is -0.959. The lowest BCUT2D eigenvalue weighted by Crippen LogP contribution is -2.45. The molecule has 5 heteroatoms. The Hall–Kier alpha value is -1.43. The van der Waals surface area contributed by atoms with E-state index in [1.807, 2.05) is 6.08 Å². The first-order valence-corrected chi connectivity index (χ1v) is 28.8. The summed E-state index contributed by atoms with van der Waals surface area (Å²) in [5.41, 5.74) is 0. The lowest BCUT2D eigenvalue weighted by Gasteiger charge is -2.21. The summed E-state index contributed by atoms with van der Waals surface area (Å²) in [6.45, 7) is 4.21. The Morgan fingerprint density at radius 1 is 0.391 bits per heavy atom. The largest absolute Gasteiger partial charge is 0.394 e. The van der Waals surface area contributed by atoms with Crippen LogP contribution in [0.3, 0.4) is 0 Å². The van der Waals surface area contributed by atoms with E-state index in [-0.39, 0.29) is 18.9 Å². The maximum Gasteiger partial charge on any atom is 0.222 e. The molecule has 0 aromatic carbocycles. The Morgan fingerprint density at radius 2 is 0.672 bits per heavy atom. The number of allylic oxidation sites excluding steroid dienone is 5. The first kappa shape index (κ1) is 62.6. The average Bonchev–Trinajstić information content (AvgIpc) is 3.29. The smallest absolute Gasteiger partial charge is 0.222 e. The van der Waals surface area contributed by atoms with Crippen LogP contribution in [0.5, 0.6) is 0 Å². The zero-order chi connectivity index (χ0) is 46.5. The van der Waals surface area contributed by atoms with Gasteiger partial charge >= 0.3 is 0 Å². The fourth-order valence-electron chi connectivity index (χ4n) is 9.02. The third kappa shape index (κ3) is 50.0. The highest BCUT2D eigenvalue weighted by Gasteiger charge is 2.20. The molecule has 1 amide bonds. The van der Waals surface area contributed by atoms with Crippen molar-refractivity contribution < 1.29 is 20.1 Å². The zero-order valence-electron chi connectivity index (χ0n) is 43.2. The fourth-order valence-corrected chi connectivity index (χ4v) is 9.02. The second kappa shape index (κ2) is 54.2. The van der Waals surface area contributed by atoms with Crippen molar-refractivity contribution in [3.63, 3.8) is 0 Å². The van der Waals surface area contributed by atoms with Gasteiger partial charge in [0.25, 0.3) is 0 Å². The Morgan fingerprint density at radius 3 is 1.00 bits per heavy atom. The molecular weight excluding hydrogens is 787 g/mol. The van der Waals surface area contributed by atoms with E-state index in [1.54, 1.807) is 6.08 Å². The van der Waals surface area contributed by atoms with Crippen LogP contribution in [0.2, 0.25) is 0 Å². The molecule has 0 aromatic heterocycles. The molecule has 0 saturated heterocycles. The van der Waals surface area contributed by atoms with E-state index < -0.39 is 18.2 Å². The molecule has 0 radical (unpaired) electrons. The minimum Gasteiger partial charge on any atom is -0.394 e. The van der Waals surface area contributed by atoms with Gasteiger partial charge in [-0.2, -0.15) is 0 Å². The molecule has 0 fully saturated rings. The van der Waals surface area contributed by atoms with Crippen LogP contribution in [0.25, 0.3) is 0 Å². The van der Waals surface area contributed by atoms with E-state index >= 15 is 0 Å². The summed E-state index contributed by atoms with van der Waals surface area (Å²) in [6, 6.07) is -0.766. The summed E-state index contributed by atoms with van der Waals surface area (Å²) >= 11 is 0. The Kier molecular flexibility index (Phi) is 53.0. The first-order chi connectivity index (χ1) is 31.5. The van der Waals surface area contributed by atoms with Crippen molar-refractivity contribution in [2.24, 2.45) is 0 Å². The standard InChI is InChI=1S/C59H113NO4/c1-3-5-7-9-11-13-15-17-19-21-22-23-24-25-26-27-28-29-30-31-32-33-34-35-36-37-38-40-42-44-46-48-50-52-56(62)54-59(64)60-57(55-61)58(63)53-51-49-47-45-43-41-39-20-18-16-14-12-10-8-6-4-2/h18,20,43,45,51,53,56-58,61-63H,3-17,19,21-42,44,46-50,52,54-55H2,1-2H3,(H,60,64)/b20-18+,45-43+,53-51+. The van der Waals surface area contributed by atoms with Crippen molar-refractivity contribution >= 4 is 5.91 Å². The zero-order valence-corrected chi connectivity index (χ0v) is 43.2. The molecule has 4 N–H and O–H groups in total. The lowest BCUT2D eigenvalue weighted by molar-refractivity contribution is -0.124. The van der Waals surface area contributed by atoms with Crippen molar-refractivity contribution in [2.75, 3.05) is 6.61 Å². The van der Waals surface area contributed by atoms with Gasteiger partial charge in [-0.1, -0.05) is 294 Å². The number of aliphatic hydroxyl groups is 3. The van der Waals surface area contributed by atoms with E-state index in [2.05, 4.69) is 43.5 Å². The molecule has 0 aliphatic carbocycles. The summed E-state index contributed by atoms with van der Waals surface area (Å²) in [5, 5.41) is 33.4. The van der Waals surface area contributed by atoms with E-state index in [4.69, 9.17) is 0 Å². The quantitative estimate of drug-likeness (QED) is 0.0362. The summed E-state index contributed by atoms with van der Waals surface area (Å²) in [6.07, 6.45) is 70.7. The van der Waals surface area contributed by atoms with Crippen LogP contribution in [0.15, 0.2) is 36.5 Å². The van der Waals surface area contributed by atoms with Crippen LogP contribution in [0.4, 0.5) is 0 Å². The number of carbonyl (C=O) groups excluding carboxylic acids is 1. The van der Waals surface area contributed by atoms with Crippen molar-refractivity contribution in [1.82, 2.24) is 5.32 Å². The molecule has 0 aliphatic heterocycles. The molecule has 378 valence electrons. The van der Waals surface area contributed by atoms with Crippen LogP contribution >= 0.6 is 0 Å². The number of hydrogen-bond donors (Lipinski definition) is 4. The molecule has 3 unspecified atom stereocenters. The monoisotopic (exact) mass is 900 g/mol. The third-order valence-electron chi connectivity index (χ3n) is 13.4. The number of rotatable bonds is 53. The van der Waals surface area contributed by atoms with Gasteiger partial charge in [0.05, 0.1) is 31.3 Å². The predicted octanol–water partition coefficient (Wildman–Crippen LogP) is 17.8. The second-order valence-corrected chi connectivity index (χ2v) is 19.9. The second-order valence-electron chi connectivity index (χ2n) is 19.9. The molecule has 5 nitrogen and oxygen atoms in total. The van der Waals surface area contributed by atoms with Gasteiger partial charge in [-0.3, -0.25) is 4.79 Å². The SMILES string of the molecule is CCCCCCCC/C=C/CC/C=C/CC/C=C/C(O)C(CO)NC(=O)CC(O)CCCCCCCCCCCCCCCCCCCCCCCCCCCCCCCCCCC. The average molecular weight is 901 g/mol. The van der Waals surface area contributed by atoms with Crippen molar-refractivity contribution in [3.8, 4) is 0 Å². The Labute approximate surface area is 400 Å². The van der Waals surface area contributed by atoms with Crippen LogP contribution < -0.4 is 5.32 Å². The summed E-state index contributed by atoms with van der Waals surface area (Å²) < 4.78 is 0. The van der Waals surface area contributed by atoms with Gasteiger partial charge in [-0.05, 0) is 44.9 Å². The van der Waals surface area contributed by atoms with Crippen LogP contribution in [-0.2, 0) is 4.79 Å². The normalized spacial score (nSPS) is 13.5. The fraction of sp³-hybridized carbons (Fsp3) is 0.881. The van der Waals surface area contributed by atoms with Gasteiger partial charge in [-0.15, -0.1) is 0 Å².